The number of hydrogen-bond donors (Lipinski definition) is 1. The van der Waals surface area contributed by atoms with E-state index in [1.165, 1.54) is 11.5 Å². The summed E-state index contributed by atoms with van der Waals surface area (Å²) in [6.07, 6.45) is 0.588. The lowest BCUT2D eigenvalue weighted by Gasteiger charge is -2.19. The summed E-state index contributed by atoms with van der Waals surface area (Å²) in [7, 11) is 0. The van der Waals surface area contributed by atoms with Crippen LogP contribution in [0, 0.1) is 0 Å². The van der Waals surface area contributed by atoms with Crippen LogP contribution in [0.5, 0.6) is 0 Å². The van der Waals surface area contributed by atoms with Gasteiger partial charge in [-0.05, 0) is 11.5 Å². The van der Waals surface area contributed by atoms with Gasteiger partial charge >= 0.3 is 0 Å². The van der Waals surface area contributed by atoms with E-state index in [4.69, 9.17) is 11.6 Å². The van der Waals surface area contributed by atoms with Crippen molar-refractivity contribution in [1.82, 2.24) is 9.59 Å². The highest BCUT2D eigenvalue weighted by atomic mass is 35.5. The predicted octanol–water partition coefficient (Wildman–Crippen LogP) is 1.62. The average Bonchev–Trinajstić information content (AvgIpc) is 2.54. The summed E-state index contributed by atoms with van der Waals surface area (Å²) in [5, 5.41) is 6.28. The molecule has 4 nitrogen and oxygen atoms in total. The Balaban J connectivity index is 2.99. The highest BCUT2D eigenvalue weighted by Gasteiger charge is 2.26. The fourth-order valence-corrected chi connectivity index (χ4v) is 1.77. The highest BCUT2D eigenvalue weighted by molar-refractivity contribution is 7.06. The molecule has 6 heteroatoms. The summed E-state index contributed by atoms with van der Waals surface area (Å²) in [6.45, 7) is 3.95. The Morgan fingerprint density at radius 3 is 2.92 bits per heavy atom. The molecule has 1 aromatic heterocycles. The Labute approximate surface area is 85.5 Å². The van der Waals surface area contributed by atoms with E-state index in [0.29, 0.717) is 18.1 Å². The molecule has 0 fully saturated rings. The zero-order chi connectivity index (χ0) is 9.90. The molecule has 1 aromatic rings. The number of carbonyl (C=O) groups excluding carboxylic acids is 1. The molecule has 0 bridgehead atoms. The third-order valence-corrected chi connectivity index (χ3v) is 3.39. The molecule has 1 rings (SSSR count). The number of hydrogen-bond acceptors (Lipinski definition) is 4. The summed E-state index contributed by atoms with van der Waals surface area (Å²) < 4.78 is 3.77. The van der Waals surface area contributed by atoms with Gasteiger partial charge in [0, 0.05) is 11.3 Å². The lowest BCUT2D eigenvalue weighted by Crippen LogP contribution is -2.19. The van der Waals surface area contributed by atoms with Crippen molar-refractivity contribution in [3.05, 3.63) is 4.88 Å². The fraction of sp³-hybridized carbons (Fsp3) is 0.571. The number of alkyl halides is 1. The molecule has 1 amide bonds. The molecule has 1 N–H and O–H groups in total. The Hall–Kier alpha value is -0.680. The molecule has 13 heavy (non-hydrogen) atoms. The van der Waals surface area contributed by atoms with Crippen molar-refractivity contribution < 1.29 is 4.79 Å². The van der Waals surface area contributed by atoms with Crippen molar-refractivity contribution in [2.24, 2.45) is 0 Å². The molecule has 0 aliphatic rings. The Bertz CT molecular complexity index is 300. The first-order valence-corrected chi connectivity index (χ1v) is 5.01. The Kier molecular flexibility index (Phi) is 3.22. The van der Waals surface area contributed by atoms with Gasteiger partial charge in [0.05, 0.1) is 4.88 Å². The zero-order valence-corrected chi connectivity index (χ0v) is 8.95. The van der Waals surface area contributed by atoms with Crippen LogP contribution in [-0.2, 0) is 10.2 Å². The highest BCUT2D eigenvalue weighted by Crippen LogP contribution is 2.32. The summed E-state index contributed by atoms with van der Waals surface area (Å²) in [6, 6.07) is 0. The quantitative estimate of drug-likeness (QED) is 0.619. The van der Waals surface area contributed by atoms with Crippen LogP contribution in [0.1, 0.15) is 18.7 Å². The molecule has 0 spiro atoms. The molecule has 72 valence electrons. The molecule has 0 radical (unpaired) electrons. The average molecular weight is 220 g/mol. The Morgan fingerprint density at radius 1 is 1.69 bits per heavy atom. The molecule has 1 heterocycles. The van der Waals surface area contributed by atoms with Crippen molar-refractivity contribution in [1.29, 1.82) is 0 Å². The van der Waals surface area contributed by atoms with E-state index in [2.05, 4.69) is 14.9 Å². The summed E-state index contributed by atoms with van der Waals surface area (Å²) in [5.74, 6) is 0.968. The lowest BCUT2D eigenvalue weighted by molar-refractivity contribution is -0.105. The van der Waals surface area contributed by atoms with Gasteiger partial charge in [0.2, 0.25) is 6.41 Å². The smallest absolute Gasteiger partial charge is 0.212 e. The van der Waals surface area contributed by atoms with Gasteiger partial charge in [0.25, 0.3) is 0 Å². The van der Waals surface area contributed by atoms with Gasteiger partial charge in [-0.3, -0.25) is 4.79 Å². The molecule has 0 aliphatic carbocycles. The fourth-order valence-electron chi connectivity index (χ4n) is 0.846. The minimum absolute atomic E-state index is 0.207. The lowest BCUT2D eigenvalue weighted by atomic mass is 9.94. The van der Waals surface area contributed by atoms with E-state index in [9.17, 15) is 4.79 Å². The van der Waals surface area contributed by atoms with Crippen LogP contribution in [0.4, 0.5) is 5.82 Å². The first kappa shape index (κ1) is 10.4. The maximum Gasteiger partial charge on any atom is 0.212 e. The van der Waals surface area contributed by atoms with E-state index < -0.39 is 0 Å². The maximum absolute atomic E-state index is 10.2. The first-order chi connectivity index (χ1) is 6.11. The van der Waals surface area contributed by atoms with Gasteiger partial charge < -0.3 is 5.32 Å². The summed E-state index contributed by atoms with van der Waals surface area (Å²) >= 11 is 7.05. The van der Waals surface area contributed by atoms with Crippen LogP contribution >= 0.6 is 23.1 Å². The molecule has 0 unspecified atom stereocenters. The number of anilines is 1. The SMILES string of the molecule is CC(C)(CCl)c1snnc1NC=O. The van der Waals surface area contributed by atoms with Crippen LogP contribution in [0.3, 0.4) is 0 Å². The van der Waals surface area contributed by atoms with Gasteiger partial charge in [0.15, 0.2) is 5.82 Å². The summed E-state index contributed by atoms with van der Waals surface area (Å²) in [5.41, 5.74) is -0.207. The topological polar surface area (TPSA) is 54.9 Å². The van der Waals surface area contributed by atoms with Gasteiger partial charge in [0.1, 0.15) is 0 Å². The van der Waals surface area contributed by atoms with Crippen molar-refractivity contribution in [3.63, 3.8) is 0 Å². The normalized spacial score (nSPS) is 11.3. The monoisotopic (exact) mass is 219 g/mol. The standard InChI is InChI=1S/C7H10ClN3OS/c1-7(2,3-8)5-6(9-4-12)10-11-13-5/h4H,3H2,1-2H3,(H,9,12). The summed E-state index contributed by atoms with van der Waals surface area (Å²) in [4.78, 5) is 11.1. The third-order valence-electron chi connectivity index (χ3n) is 1.63. The zero-order valence-electron chi connectivity index (χ0n) is 7.37. The number of halogens is 1. The molecule has 0 atom stereocenters. The molecular formula is C7H10ClN3OS. The molecular weight excluding hydrogens is 210 g/mol. The number of carbonyl (C=O) groups is 1. The van der Waals surface area contributed by atoms with E-state index >= 15 is 0 Å². The van der Waals surface area contributed by atoms with Gasteiger partial charge in [-0.15, -0.1) is 16.7 Å². The van der Waals surface area contributed by atoms with Crippen LogP contribution in [0.25, 0.3) is 0 Å². The third kappa shape index (κ3) is 2.16. The van der Waals surface area contributed by atoms with Crippen LogP contribution in [0.15, 0.2) is 0 Å². The van der Waals surface area contributed by atoms with E-state index in [1.54, 1.807) is 0 Å². The minimum Gasteiger partial charge on any atom is -0.311 e. The second-order valence-electron chi connectivity index (χ2n) is 3.23. The second-order valence-corrected chi connectivity index (χ2v) is 4.25. The van der Waals surface area contributed by atoms with Crippen molar-refractivity contribution >= 4 is 35.4 Å². The van der Waals surface area contributed by atoms with Crippen molar-refractivity contribution in [2.45, 2.75) is 19.3 Å². The van der Waals surface area contributed by atoms with Gasteiger partial charge in [-0.25, -0.2) is 0 Å². The second kappa shape index (κ2) is 4.02. The number of nitrogens with one attached hydrogen (secondary N) is 1. The van der Waals surface area contributed by atoms with Gasteiger partial charge in [-0.2, -0.15) is 0 Å². The molecule has 0 saturated heterocycles. The Morgan fingerprint density at radius 2 is 2.38 bits per heavy atom. The molecule has 0 aromatic carbocycles. The van der Waals surface area contributed by atoms with E-state index in [0.717, 1.165) is 4.88 Å². The number of aromatic nitrogens is 2. The number of nitrogens with zero attached hydrogens (tertiary/aromatic N) is 2. The van der Waals surface area contributed by atoms with Crippen molar-refractivity contribution in [3.8, 4) is 0 Å². The molecule has 0 aliphatic heterocycles. The minimum atomic E-state index is -0.207. The van der Waals surface area contributed by atoms with E-state index in [1.807, 2.05) is 13.8 Å². The van der Waals surface area contributed by atoms with Crippen LogP contribution in [-0.4, -0.2) is 21.9 Å². The number of amides is 1. The maximum atomic E-state index is 10.2. The predicted molar refractivity (Wildman–Crippen MR) is 53.3 cm³/mol. The van der Waals surface area contributed by atoms with Gasteiger partial charge in [-0.1, -0.05) is 18.3 Å². The van der Waals surface area contributed by atoms with E-state index in [-0.39, 0.29) is 5.41 Å². The first-order valence-electron chi connectivity index (χ1n) is 3.71. The van der Waals surface area contributed by atoms with Crippen molar-refractivity contribution in [2.75, 3.05) is 11.2 Å². The molecule has 0 saturated carbocycles. The van der Waals surface area contributed by atoms with Crippen LogP contribution < -0.4 is 5.32 Å². The number of rotatable bonds is 4. The largest absolute Gasteiger partial charge is 0.311 e. The van der Waals surface area contributed by atoms with Crippen LogP contribution in [0.2, 0.25) is 0 Å².